The number of fused-ring (bicyclic) bond motifs is 3. The molecule has 142 valence electrons. The molecule has 3 atom stereocenters. The molecule has 1 aliphatic carbocycles. The lowest BCUT2D eigenvalue weighted by Crippen LogP contribution is -2.40. The van der Waals surface area contributed by atoms with Crippen molar-refractivity contribution in [3.8, 4) is 0 Å². The zero-order chi connectivity index (χ0) is 19.3. The van der Waals surface area contributed by atoms with E-state index in [9.17, 15) is 9.59 Å². The minimum atomic E-state index is -0.793. The van der Waals surface area contributed by atoms with Crippen molar-refractivity contribution in [2.45, 2.75) is 45.3 Å². The van der Waals surface area contributed by atoms with Gasteiger partial charge in [0.15, 0.2) is 0 Å². The molecular weight excluding hydrogens is 370 g/mol. The van der Waals surface area contributed by atoms with E-state index in [1.807, 2.05) is 19.1 Å². The average molecular weight is 390 g/mol. The Bertz CT molecular complexity index is 1100. The molecule has 8 heteroatoms. The molecule has 3 aromatic rings. The van der Waals surface area contributed by atoms with E-state index >= 15 is 0 Å². The summed E-state index contributed by atoms with van der Waals surface area (Å²) in [6.07, 6.45) is 1.21. The van der Waals surface area contributed by atoms with Crippen molar-refractivity contribution in [2.24, 2.45) is 11.7 Å². The highest BCUT2D eigenvalue weighted by molar-refractivity contribution is 6.37. The van der Waals surface area contributed by atoms with Gasteiger partial charge in [-0.15, -0.1) is 0 Å². The zero-order valence-electron chi connectivity index (χ0n) is 15.1. The summed E-state index contributed by atoms with van der Waals surface area (Å²) in [5.41, 5.74) is 6.23. The first kappa shape index (κ1) is 17.9. The van der Waals surface area contributed by atoms with E-state index < -0.39 is 6.09 Å². The number of hydrogen-bond acceptors (Lipinski definition) is 5. The summed E-state index contributed by atoms with van der Waals surface area (Å²) in [7, 11) is 0. The molecule has 27 heavy (non-hydrogen) atoms. The predicted molar refractivity (Wildman–Crippen MR) is 102 cm³/mol. The van der Waals surface area contributed by atoms with Gasteiger partial charge in [-0.3, -0.25) is 4.79 Å². The Morgan fingerprint density at radius 3 is 2.89 bits per heavy atom. The molecular formula is C19H20ClN3O4. The van der Waals surface area contributed by atoms with Gasteiger partial charge in [-0.25, -0.2) is 4.79 Å². The van der Waals surface area contributed by atoms with Gasteiger partial charge in [-0.05, 0) is 38.3 Å². The molecule has 0 spiro atoms. The van der Waals surface area contributed by atoms with Crippen molar-refractivity contribution in [3.63, 3.8) is 0 Å². The minimum absolute atomic E-state index is 0.0799. The van der Waals surface area contributed by atoms with E-state index in [2.05, 4.69) is 5.16 Å². The molecule has 2 N–H and O–H groups in total. The fraction of sp³-hybridized carbons (Fsp3) is 0.421. The molecule has 1 aliphatic rings. The van der Waals surface area contributed by atoms with Gasteiger partial charge >= 0.3 is 6.09 Å². The largest absolute Gasteiger partial charge is 0.446 e. The third-order valence-corrected chi connectivity index (χ3v) is 5.88. The number of aryl methyl sites for hydroxylation is 1. The Morgan fingerprint density at radius 2 is 2.15 bits per heavy atom. The molecule has 0 radical (unpaired) electrons. The number of benzene rings is 1. The first-order valence-electron chi connectivity index (χ1n) is 8.95. The monoisotopic (exact) mass is 389 g/mol. The standard InChI is InChI=1S/C19H20ClN3O4/c1-9-12(6-4-8-14(9)26-19(21)25)23-13-7-3-5-11(20)16(13)17-15(18(23)24)10(2)27-22-17/h3,5,7,9,12,14H,4,6,8H2,1-2H3,(H2,21,25)/t9?,12-,14+/m0/s1. The Morgan fingerprint density at radius 1 is 1.37 bits per heavy atom. The van der Waals surface area contributed by atoms with E-state index in [1.165, 1.54) is 0 Å². The van der Waals surface area contributed by atoms with Crippen molar-refractivity contribution in [1.82, 2.24) is 9.72 Å². The molecule has 1 saturated carbocycles. The van der Waals surface area contributed by atoms with Crippen LogP contribution in [0, 0.1) is 12.8 Å². The van der Waals surface area contributed by atoms with Gasteiger partial charge in [0, 0.05) is 17.3 Å². The maximum Gasteiger partial charge on any atom is 0.404 e. The van der Waals surface area contributed by atoms with Crippen molar-refractivity contribution >= 4 is 39.5 Å². The molecule has 1 unspecified atom stereocenters. The van der Waals surface area contributed by atoms with Crippen molar-refractivity contribution in [2.75, 3.05) is 0 Å². The van der Waals surface area contributed by atoms with Crippen LogP contribution in [0.4, 0.5) is 4.79 Å². The maximum absolute atomic E-state index is 13.4. The van der Waals surface area contributed by atoms with Gasteiger partial charge < -0.3 is 19.6 Å². The van der Waals surface area contributed by atoms with Gasteiger partial charge in [0.25, 0.3) is 5.56 Å². The number of primary amides is 1. The summed E-state index contributed by atoms with van der Waals surface area (Å²) < 4.78 is 12.3. The van der Waals surface area contributed by atoms with Crippen LogP contribution in [0.5, 0.6) is 0 Å². The molecule has 0 aliphatic heterocycles. The highest BCUT2D eigenvalue weighted by Gasteiger charge is 2.35. The van der Waals surface area contributed by atoms with Crippen LogP contribution in [0.15, 0.2) is 27.5 Å². The zero-order valence-corrected chi connectivity index (χ0v) is 15.8. The topological polar surface area (TPSA) is 100 Å². The summed E-state index contributed by atoms with van der Waals surface area (Å²) in [6, 6.07) is 5.28. The van der Waals surface area contributed by atoms with E-state index in [1.54, 1.807) is 17.6 Å². The van der Waals surface area contributed by atoms with Crippen LogP contribution in [0.3, 0.4) is 0 Å². The Kier molecular flexibility index (Phi) is 4.34. The number of ether oxygens (including phenoxy) is 1. The lowest BCUT2D eigenvalue weighted by atomic mass is 9.82. The number of carbonyl (C=O) groups excluding carboxylic acids is 1. The van der Waals surface area contributed by atoms with Gasteiger partial charge in [0.1, 0.15) is 22.8 Å². The number of halogens is 1. The number of rotatable bonds is 2. The van der Waals surface area contributed by atoms with Crippen LogP contribution in [-0.2, 0) is 4.74 Å². The van der Waals surface area contributed by atoms with Crippen molar-refractivity contribution in [3.05, 3.63) is 39.3 Å². The van der Waals surface area contributed by atoms with Crippen LogP contribution >= 0.6 is 11.6 Å². The lowest BCUT2D eigenvalue weighted by molar-refractivity contribution is 0.0268. The van der Waals surface area contributed by atoms with E-state index in [0.29, 0.717) is 32.6 Å². The second-order valence-electron chi connectivity index (χ2n) is 7.10. The number of pyridine rings is 1. The number of amides is 1. The fourth-order valence-corrected chi connectivity index (χ4v) is 4.54. The summed E-state index contributed by atoms with van der Waals surface area (Å²) in [5, 5.41) is 5.70. The highest BCUT2D eigenvalue weighted by atomic mass is 35.5. The number of nitrogens with two attached hydrogens (primary N) is 1. The Hall–Kier alpha value is -2.54. The molecule has 0 saturated heterocycles. The molecule has 1 aromatic carbocycles. The number of hydrogen-bond donors (Lipinski definition) is 1. The van der Waals surface area contributed by atoms with Gasteiger partial charge in [0.2, 0.25) is 0 Å². The fourth-order valence-electron chi connectivity index (χ4n) is 4.28. The quantitative estimate of drug-likeness (QED) is 0.715. The molecule has 1 amide bonds. The summed E-state index contributed by atoms with van der Waals surface area (Å²) in [5.74, 6) is 0.378. The van der Waals surface area contributed by atoms with Crippen molar-refractivity contribution in [1.29, 1.82) is 0 Å². The normalized spacial score (nSPS) is 23.0. The van der Waals surface area contributed by atoms with E-state index in [0.717, 1.165) is 19.3 Å². The summed E-state index contributed by atoms with van der Waals surface area (Å²) in [6.45, 7) is 3.69. The number of nitrogens with zero attached hydrogens (tertiary/aromatic N) is 2. The Labute approximate surface area is 160 Å². The van der Waals surface area contributed by atoms with E-state index in [-0.39, 0.29) is 23.6 Å². The SMILES string of the molecule is Cc1onc2c1c(=O)n([C@H]1CCC[C@@H](OC(N)=O)C1C)c1cccc(Cl)c21. The van der Waals surface area contributed by atoms with Gasteiger partial charge in [-0.1, -0.05) is 29.7 Å². The van der Waals surface area contributed by atoms with E-state index in [4.69, 9.17) is 26.6 Å². The van der Waals surface area contributed by atoms with Crippen LogP contribution < -0.4 is 11.3 Å². The number of aromatic nitrogens is 2. The predicted octanol–water partition coefficient (Wildman–Crippen LogP) is 3.93. The molecule has 0 bridgehead atoms. The molecule has 2 aromatic heterocycles. The number of carbonyl (C=O) groups is 1. The highest BCUT2D eigenvalue weighted by Crippen LogP contribution is 2.38. The Balaban J connectivity index is 1.99. The second-order valence-corrected chi connectivity index (χ2v) is 7.51. The second kappa shape index (κ2) is 6.56. The first-order chi connectivity index (χ1) is 12.9. The van der Waals surface area contributed by atoms with Crippen molar-refractivity contribution < 1.29 is 14.1 Å². The average Bonchev–Trinajstić information content (AvgIpc) is 2.99. The molecule has 1 fully saturated rings. The third-order valence-electron chi connectivity index (χ3n) is 5.56. The molecule has 2 heterocycles. The first-order valence-corrected chi connectivity index (χ1v) is 9.32. The summed E-state index contributed by atoms with van der Waals surface area (Å²) in [4.78, 5) is 24.7. The lowest BCUT2D eigenvalue weighted by Gasteiger charge is -2.36. The third kappa shape index (κ3) is 2.77. The van der Waals surface area contributed by atoms with Crippen LogP contribution in [0.25, 0.3) is 21.8 Å². The maximum atomic E-state index is 13.4. The van der Waals surface area contributed by atoms with Crippen LogP contribution in [0.2, 0.25) is 5.02 Å². The van der Waals surface area contributed by atoms with Crippen LogP contribution in [-0.4, -0.2) is 21.9 Å². The van der Waals surface area contributed by atoms with Gasteiger partial charge in [-0.2, -0.15) is 0 Å². The van der Waals surface area contributed by atoms with Gasteiger partial charge in [0.05, 0.1) is 10.5 Å². The smallest absolute Gasteiger partial charge is 0.404 e. The molecule has 4 rings (SSSR count). The summed E-state index contributed by atoms with van der Waals surface area (Å²) >= 11 is 6.46. The van der Waals surface area contributed by atoms with Crippen LogP contribution in [0.1, 0.15) is 38.0 Å². The molecule has 7 nitrogen and oxygen atoms in total. The minimum Gasteiger partial charge on any atom is -0.446 e.